The second kappa shape index (κ2) is 18.2. The molecule has 1 aromatic carbocycles. The third kappa shape index (κ3) is 10.6. The first-order chi connectivity index (χ1) is 19.6. The normalized spacial score (nSPS) is 19.0. The van der Waals surface area contributed by atoms with Crippen LogP contribution in [0.3, 0.4) is 0 Å². The number of hydrogen-bond acceptors (Lipinski definition) is 6. The molecule has 0 aromatic heterocycles. The van der Waals surface area contributed by atoms with Crippen molar-refractivity contribution in [2.24, 2.45) is 5.92 Å². The first kappa shape index (κ1) is 35.7. The summed E-state index contributed by atoms with van der Waals surface area (Å²) in [7, 11) is 1.26. The molecule has 3 unspecified atom stereocenters. The molecular weight excluding hydrogens is 532 g/mol. The van der Waals surface area contributed by atoms with E-state index in [1.807, 2.05) is 24.3 Å². The molecule has 2 rings (SSSR count). The first-order valence-corrected chi connectivity index (χ1v) is 17.7. The van der Waals surface area contributed by atoms with Crippen LogP contribution in [0, 0.1) is 5.92 Å². The Morgan fingerprint density at radius 3 is 2.24 bits per heavy atom. The Bertz CT molecular complexity index is 902. The number of benzene rings is 1. The van der Waals surface area contributed by atoms with Gasteiger partial charge in [0.05, 0.1) is 32.5 Å². The van der Waals surface area contributed by atoms with Gasteiger partial charge < -0.3 is 28.5 Å². The molecule has 7 heteroatoms. The third-order valence-corrected chi connectivity index (χ3v) is 14.8. The molecule has 6 nitrogen and oxygen atoms in total. The summed E-state index contributed by atoms with van der Waals surface area (Å²) >= 11 is 0. The number of hydrogen-bond donors (Lipinski definition) is 1. The Kier molecular flexibility index (Phi) is 15.9. The maximum absolute atomic E-state index is 11.3. The summed E-state index contributed by atoms with van der Waals surface area (Å²) in [5, 5.41) is 11.3. The van der Waals surface area contributed by atoms with Crippen LogP contribution in [0.4, 0.5) is 0 Å². The summed E-state index contributed by atoms with van der Waals surface area (Å²) in [5.74, 6) is 0.912. The molecular formula is C34H58O6Si. The van der Waals surface area contributed by atoms with Crippen molar-refractivity contribution in [3.8, 4) is 5.75 Å². The summed E-state index contributed by atoms with van der Waals surface area (Å²) in [6.07, 6.45) is 8.39. The van der Waals surface area contributed by atoms with Gasteiger partial charge in [-0.15, -0.1) is 0 Å². The molecule has 0 amide bonds. The van der Waals surface area contributed by atoms with Gasteiger partial charge in [-0.2, -0.15) is 0 Å². The molecule has 1 aliphatic carbocycles. The summed E-state index contributed by atoms with van der Waals surface area (Å²) < 4.78 is 29.2. The highest BCUT2D eigenvalue weighted by Gasteiger charge is 2.49. The molecule has 1 aliphatic rings. The fraction of sp³-hybridized carbons (Fsp3) is 0.706. The van der Waals surface area contributed by atoms with Crippen LogP contribution in [-0.2, 0) is 25.2 Å². The molecule has 0 heterocycles. The van der Waals surface area contributed by atoms with E-state index in [-0.39, 0.29) is 18.8 Å². The lowest BCUT2D eigenvalue weighted by Gasteiger charge is -2.45. The maximum Gasteiger partial charge on any atom is 0.200 e. The van der Waals surface area contributed by atoms with E-state index in [2.05, 4.69) is 60.6 Å². The number of aliphatic hydroxyl groups excluding tert-OH is 1. The van der Waals surface area contributed by atoms with E-state index < -0.39 is 14.4 Å². The Morgan fingerprint density at radius 2 is 1.66 bits per heavy atom. The van der Waals surface area contributed by atoms with Crippen LogP contribution in [0.15, 0.2) is 47.6 Å². The molecule has 0 saturated heterocycles. The van der Waals surface area contributed by atoms with Crippen molar-refractivity contribution in [3.05, 3.63) is 53.1 Å². The minimum absolute atomic E-state index is 0.0468. The van der Waals surface area contributed by atoms with Crippen LogP contribution in [0.2, 0.25) is 16.6 Å². The van der Waals surface area contributed by atoms with Gasteiger partial charge in [0.1, 0.15) is 12.5 Å². The minimum Gasteiger partial charge on any atom is -0.497 e. The van der Waals surface area contributed by atoms with Crippen molar-refractivity contribution >= 4 is 8.32 Å². The van der Waals surface area contributed by atoms with Crippen LogP contribution < -0.4 is 4.74 Å². The largest absolute Gasteiger partial charge is 0.497 e. The third-order valence-electron chi connectivity index (χ3n) is 8.63. The standard InChI is InChI=1S/C34H58O6Si/c1-25(2)41(26(3)4,27(5)6)40-34-20-19-31(32(34)23-39-24-36-8)33(35)14-10-12-28(7)13-11-21-38-22-29-15-17-30(37-9)18-16-29/h12,15-19,25-27,32-35H,10-11,13-14,20-24H2,1-9H3/b28-12+. The van der Waals surface area contributed by atoms with Gasteiger partial charge in [0.25, 0.3) is 0 Å². The molecule has 1 aromatic rings. The average molecular weight is 591 g/mol. The Balaban J connectivity index is 1.88. The minimum atomic E-state index is -2.06. The number of methoxy groups -OCH3 is 2. The molecule has 0 bridgehead atoms. The number of ether oxygens (including phenoxy) is 4. The quantitative estimate of drug-likeness (QED) is 0.0714. The lowest BCUT2D eigenvalue weighted by molar-refractivity contribution is -0.0530. The topological polar surface area (TPSA) is 66.4 Å². The monoisotopic (exact) mass is 590 g/mol. The Morgan fingerprint density at radius 1 is 1.00 bits per heavy atom. The van der Waals surface area contributed by atoms with Gasteiger partial charge in [-0.3, -0.25) is 0 Å². The Hall–Kier alpha value is -1.48. The molecule has 0 fully saturated rings. The average Bonchev–Trinajstić information content (AvgIpc) is 3.33. The lowest BCUT2D eigenvalue weighted by atomic mass is 9.93. The predicted molar refractivity (Wildman–Crippen MR) is 171 cm³/mol. The number of rotatable bonds is 20. The zero-order valence-electron chi connectivity index (χ0n) is 27.3. The van der Waals surface area contributed by atoms with E-state index in [4.69, 9.17) is 23.4 Å². The van der Waals surface area contributed by atoms with Crippen LogP contribution >= 0.6 is 0 Å². The van der Waals surface area contributed by atoms with Crippen molar-refractivity contribution in [2.75, 3.05) is 34.2 Å². The van der Waals surface area contributed by atoms with Crippen LogP contribution in [0.25, 0.3) is 0 Å². The van der Waals surface area contributed by atoms with Gasteiger partial charge in [0.2, 0.25) is 8.32 Å². The predicted octanol–water partition coefficient (Wildman–Crippen LogP) is 8.21. The van der Waals surface area contributed by atoms with Gasteiger partial charge >= 0.3 is 0 Å². The first-order valence-electron chi connectivity index (χ1n) is 15.5. The van der Waals surface area contributed by atoms with Crippen molar-refractivity contribution in [1.29, 1.82) is 0 Å². The van der Waals surface area contributed by atoms with Gasteiger partial charge in [0, 0.05) is 19.6 Å². The highest BCUT2D eigenvalue weighted by Crippen LogP contribution is 2.46. The molecule has 3 atom stereocenters. The second-order valence-electron chi connectivity index (χ2n) is 12.4. The summed E-state index contributed by atoms with van der Waals surface area (Å²) in [5.41, 5.74) is 5.10. The van der Waals surface area contributed by atoms with Crippen molar-refractivity contribution in [2.45, 2.75) is 116 Å². The summed E-state index contributed by atoms with van der Waals surface area (Å²) in [6.45, 7) is 18.2. The Labute approximate surface area is 251 Å². The van der Waals surface area contributed by atoms with Crippen molar-refractivity contribution in [3.63, 3.8) is 0 Å². The second-order valence-corrected chi connectivity index (χ2v) is 17.9. The molecule has 0 radical (unpaired) electrons. The van der Waals surface area contributed by atoms with E-state index >= 15 is 0 Å². The van der Waals surface area contributed by atoms with Gasteiger partial charge in [-0.05, 0) is 78.9 Å². The summed E-state index contributed by atoms with van der Waals surface area (Å²) in [6, 6.07) is 7.99. The smallest absolute Gasteiger partial charge is 0.200 e. The molecule has 0 aliphatic heterocycles. The maximum atomic E-state index is 11.3. The van der Waals surface area contributed by atoms with Crippen molar-refractivity contribution in [1.82, 2.24) is 0 Å². The highest BCUT2D eigenvalue weighted by atomic mass is 28.4. The summed E-state index contributed by atoms with van der Waals surface area (Å²) in [4.78, 5) is 0. The van der Waals surface area contributed by atoms with E-state index in [9.17, 15) is 5.11 Å². The number of aliphatic hydroxyl groups is 1. The molecule has 1 N–H and O–H groups in total. The van der Waals surface area contributed by atoms with E-state index in [1.165, 1.54) is 5.57 Å². The number of allylic oxidation sites excluding steroid dienone is 2. The van der Waals surface area contributed by atoms with Crippen LogP contribution in [0.5, 0.6) is 5.75 Å². The van der Waals surface area contributed by atoms with E-state index in [0.29, 0.717) is 36.3 Å². The van der Waals surface area contributed by atoms with Crippen LogP contribution in [-0.4, -0.2) is 59.9 Å². The SMILES string of the molecule is COCOCC1C(C(O)CC/C=C(\C)CCCOCc2ccc(OC)cc2)=CCC1O[Si](C(C)C)(C(C)C)C(C)C. The van der Waals surface area contributed by atoms with Gasteiger partial charge in [-0.25, -0.2) is 0 Å². The highest BCUT2D eigenvalue weighted by molar-refractivity contribution is 6.77. The van der Waals surface area contributed by atoms with E-state index in [0.717, 1.165) is 49.2 Å². The van der Waals surface area contributed by atoms with E-state index in [1.54, 1.807) is 14.2 Å². The molecule has 0 spiro atoms. The fourth-order valence-corrected chi connectivity index (χ4v) is 12.2. The zero-order valence-corrected chi connectivity index (χ0v) is 28.3. The zero-order chi connectivity index (χ0) is 30.4. The van der Waals surface area contributed by atoms with Gasteiger partial charge in [0.15, 0.2) is 0 Å². The lowest BCUT2D eigenvalue weighted by Crippen LogP contribution is -2.51. The molecule has 234 valence electrons. The van der Waals surface area contributed by atoms with Crippen molar-refractivity contribution < 1.29 is 28.5 Å². The fourth-order valence-electron chi connectivity index (χ4n) is 6.55. The molecule has 0 saturated carbocycles. The molecule has 41 heavy (non-hydrogen) atoms. The van der Waals surface area contributed by atoms with Crippen LogP contribution in [0.1, 0.15) is 86.1 Å². The van der Waals surface area contributed by atoms with Gasteiger partial charge in [-0.1, -0.05) is 71.4 Å².